The van der Waals surface area contributed by atoms with Gasteiger partial charge < -0.3 is 15.0 Å². The van der Waals surface area contributed by atoms with Crippen LogP contribution in [0.15, 0.2) is 42.5 Å². The van der Waals surface area contributed by atoms with Crippen LogP contribution in [0.25, 0.3) is 0 Å². The third kappa shape index (κ3) is 5.93. The van der Waals surface area contributed by atoms with Gasteiger partial charge in [-0.1, -0.05) is 12.1 Å². The third-order valence-corrected chi connectivity index (χ3v) is 6.59. The van der Waals surface area contributed by atoms with Crippen molar-refractivity contribution in [1.82, 2.24) is 15.1 Å². The molecule has 1 N–H and O–H groups in total. The van der Waals surface area contributed by atoms with Gasteiger partial charge in [-0.15, -0.1) is 0 Å². The van der Waals surface area contributed by atoms with Gasteiger partial charge in [-0.2, -0.15) is 26.3 Å². The molecule has 0 spiro atoms. The first-order chi connectivity index (χ1) is 17.8. The van der Waals surface area contributed by atoms with E-state index in [4.69, 9.17) is 4.74 Å². The number of urea groups is 1. The molecule has 2 aromatic carbocycles. The molecule has 2 fully saturated rings. The summed E-state index contributed by atoms with van der Waals surface area (Å²) in [6.45, 7) is 0.827. The minimum atomic E-state index is -5.03. The maximum atomic E-state index is 13.6. The number of carbonyl (C=O) groups excluding carboxylic acids is 2. The Morgan fingerprint density at radius 1 is 0.868 bits per heavy atom. The molecule has 0 bridgehead atoms. The highest BCUT2D eigenvalue weighted by molar-refractivity contribution is 6.07. The highest BCUT2D eigenvalue weighted by Gasteiger charge is 2.52. The van der Waals surface area contributed by atoms with Crippen molar-refractivity contribution in [3.05, 3.63) is 70.5 Å². The van der Waals surface area contributed by atoms with E-state index >= 15 is 0 Å². The van der Waals surface area contributed by atoms with E-state index in [9.17, 15) is 40.3 Å². The van der Waals surface area contributed by atoms with Crippen molar-refractivity contribution in [3.8, 4) is 0 Å². The number of amides is 3. The number of alkyl halides is 6. The van der Waals surface area contributed by atoms with Crippen molar-refractivity contribution in [2.24, 2.45) is 0 Å². The summed E-state index contributed by atoms with van der Waals surface area (Å²) in [5.41, 5.74) is -5.12. The largest absolute Gasteiger partial charge is 0.416 e. The van der Waals surface area contributed by atoms with Crippen molar-refractivity contribution >= 4 is 11.9 Å². The Morgan fingerprint density at radius 3 is 2.00 bits per heavy atom. The SMILES string of the molecule is O=C1NC(COCc2cc(C(F)(F)F)cc(C(F)(F)F)c2)(c2ccc(F)cc2)C(=O)N1CCN1CCCC1. The van der Waals surface area contributed by atoms with E-state index in [1.54, 1.807) is 0 Å². The van der Waals surface area contributed by atoms with E-state index in [1.165, 1.54) is 12.1 Å². The van der Waals surface area contributed by atoms with Crippen LogP contribution in [0, 0.1) is 5.82 Å². The fraction of sp³-hybridized carbons (Fsp3) is 0.440. The molecule has 3 amide bonds. The zero-order valence-electron chi connectivity index (χ0n) is 20.0. The molecule has 6 nitrogen and oxygen atoms in total. The number of imide groups is 1. The number of hydrogen-bond acceptors (Lipinski definition) is 4. The first-order valence-corrected chi connectivity index (χ1v) is 11.8. The van der Waals surface area contributed by atoms with Gasteiger partial charge in [0.05, 0.1) is 24.3 Å². The van der Waals surface area contributed by atoms with E-state index in [-0.39, 0.29) is 18.2 Å². The molecular formula is C25H24F7N3O3. The summed E-state index contributed by atoms with van der Waals surface area (Å²) in [5, 5.41) is 2.55. The van der Waals surface area contributed by atoms with Gasteiger partial charge in [0.25, 0.3) is 5.91 Å². The molecule has 2 aliphatic heterocycles. The van der Waals surface area contributed by atoms with E-state index in [0.29, 0.717) is 18.7 Å². The summed E-state index contributed by atoms with van der Waals surface area (Å²) in [6, 6.07) is 4.95. The van der Waals surface area contributed by atoms with Gasteiger partial charge in [0, 0.05) is 13.1 Å². The van der Waals surface area contributed by atoms with Crippen LogP contribution in [-0.4, -0.2) is 54.5 Å². The van der Waals surface area contributed by atoms with Crippen molar-refractivity contribution < 1.29 is 45.1 Å². The van der Waals surface area contributed by atoms with Crippen molar-refractivity contribution in [1.29, 1.82) is 0 Å². The molecular weight excluding hydrogens is 523 g/mol. The number of benzene rings is 2. The zero-order valence-corrected chi connectivity index (χ0v) is 20.0. The number of nitrogens with zero attached hydrogens (tertiary/aromatic N) is 2. The zero-order chi connectivity index (χ0) is 27.7. The number of carbonyl (C=O) groups is 2. The lowest BCUT2D eigenvalue weighted by Crippen LogP contribution is -2.48. The van der Waals surface area contributed by atoms with Crippen molar-refractivity contribution in [3.63, 3.8) is 0 Å². The molecule has 2 aliphatic rings. The normalized spacial score (nSPS) is 20.9. The highest BCUT2D eigenvalue weighted by Crippen LogP contribution is 2.37. The number of ether oxygens (including phenoxy) is 1. The molecule has 0 saturated carbocycles. The van der Waals surface area contributed by atoms with Crippen LogP contribution in [0.3, 0.4) is 0 Å². The second-order valence-electron chi connectivity index (χ2n) is 9.25. The Hall–Kier alpha value is -3.19. The summed E-state index contributed by atoms with van der Waals surface area (Å²) in [4.78, 5) is 29.3. The molecule has 0 aromatic heterocycles. The minimum absolute atomic E-state index is 0.00245. The number of rotatable bonds is 8. The Bertz CT molecular complexity index is 1150. The van der Waals surface area contributed by atoms with Gasteiger partial charge in [-0.3, -0.25) is 9.69 Å². The molecule has 1 atom stereocenters. The predicted octanol–water partition coefficient (Wildman–Crippen LogP) is 4.92. The molecule has 0 radical (unpaired) electrons. The van der Waals surface area contributed by atoms with E-state index in [1.807, 2.05) is 0 Å². The van der Waals surface area contributed by atoms with Crippen LogP contribution >= 0.6 is 0 Å². The lowest BCUT2D eigenvalue weighted by atomic mass is 9.90. The third-order valence-electron chi connectivity index (χ3n) is 6.59. The quantitative estimate of drug-likeness (QED) is 0.377. The first kappa shape index (κ1) is 27.8. The van der Waals surface area contributed by atoms with Crippen LogP contribution in [0.1, 0.15) is 35.1 Å². The number of hydrogen-bond donors (Lipinski definition) is 1. The Morgan fingerprint density at radius 2 is 1.45 bits per heavy atom. The molecule has 206 valence electrons. The van der Waals surface area contributed by atoms with E-state index in [0.717, 1.165) is 43.0 Å². The Labute approximate surface area is 213 Å². The van der Waals surface area contributed by atoms with Crippen LogP contribution in [0.2, 0.25) is 0 Å². The average molecular weight is 547 g/mol. The topological polar surface area (TPSA) is 61.9 Å². The van der Waals surface area contributed by atoms with Crippen LogP contribution in [0.4, 0.5) is 35.5 Å². The van der Waals surface area contributed by atoms with Gasteiger partial charge in [-0.25, -0.2) is 9.18 Å². The Kier molecular flexibility index (Phi) is 7.71. The second-order valence-corrected chi connectivity index (χ2v) is 9.25. The van der Waals surface area contributed by atoms with E-state index < -0.39 is 65.6 Å². The number of likely N-dealkylation sites (tertiary alicyclic amines) is 1. The predicted molar refractivity (Wildman–Crippen MR) is 120 cm³/mol. The maximum absolute atomic E-state index is 13.6. The molecule has 13 heteroatoms. The molecule has 1 unspecified atom stereocenters. The van der Waals surface area contributed by atoms with Gasteiger partial charge in [-0.05, 0) is 67.4 Å². The maximum Gasteiger partial charge on any atom is 0.416 e. The minimum Gasteiger partial charge on any atom is -0.373 e. The summed E-state index contributed by atoms with van der Waals surface area (Å²) >= 11 is 0. The summed E-state index contributed by atoms with van der Waals surface area (Å²) < 4.78 is 98.3. The molecule has 2 heterocycles. The molecule has 38 heavy (non-hydrogen) atoms. The molecule has 4 rings (SSSR count). The average Bonchev–Trinajstić information content (AvgIpc) is 3.44. The fourth-order valence-electron chi connectivity index (χ4n) is 4.61. The van der Waals surface area contributed by atoms with Gasteiger partial charge in [0.15, 0.2) is 5.54 Å². The van der Waals surface area contributed by atoms with Gasteiger partial charge in [0.2, 0.25) is 0 Å². The van der Waals surface area contributed by atoms with Crippen LogP contribution in [-0.2, 0) is 34.0 Å². The first-order valence-electron chi connectivity index (χ1n) is 11.8. The van der Waals surface area contributed by atoms with Gasteiger partial charge in [0.1, 0.15) is 5.82 Å². The monoisotopic (exact) mass is 547 g/mol. The summed E-state index contributed by atoms with van der Waals surface area (Å²) in [5.74, 6) is -1.33. The highest BCUT2D eigenvalue weighted by atomic mass is 19.4. The van der Waals surface area contributed by atoms with Crippen molar-refractivity contribution in [2.75, 3.05) is 32.8 Å². The molecule has 2 saturated heterocycles. The van der Waals surface area contributed by atoms with Crippen molar-refractivity contribution in [2.45, 2.75) is 37.3 Å². The van der Waals surface area contributed by atoms with E-state index in [2.05, 4.69) is 10.2 Å². The second kappa shape index (κ2) is 10.5. The standard InChI is InChI=1S/C25H24F7N3O3/c26-20-5-3-17(4-6-20)23(21(36)35(22(37)33-23)10-9-34-7-1-2-8-34)15-38-14-16-11-18(24(27,28)29)13-19(12-16)25(30,31)32/h3-6,11-13H,1-2,7-10,14-15H2,(H,33,37). The van der Waals surface area contributed by atoms with Crippen LogP contribution < -0.4 is 5.32 Å². The molecule has 0 aliphatic carbocycles. The summed E-state index contributed by atoms with van der Waals surface area (Å²) in [7, 11) is 0. The lowest BCUT2D eigenvalue weighted by Gasteiger charge is -2.27. The smallest absolute Gasteiger partial charge is 0.373 e. The van der Waals surface area contributed by atoms with Crippen LogP contribution in [0.5, 0.6) is 0 Å². The number of nitrogens with one attached hydrogen (secondary N) is 1. The lowest BCUT2D eigenvalue weighted by molar-refractivity contribution is -0.143. The summed E-state index contributed by atoms with van der Waals surface area (Å²) in [6.07, 6.45) is -8.06. The molecule has 2 aromatic rings. The number of halogens is 7. The fourth-order valence-corrected chi connectivity index (χ4v) is 4.61. The Balaban J connectivity index is 1.57. The van der Waals surface area contributed by atoms with Gasteiger partial charge >= 0.3 is 18.4 Å².